The number of rotatable bonds is 3. The van der Waals surface area contributed by atoms with Crippen LogP contribution in [0.4, 0.5) is 15.9 Å². The molecule has 0 unspecified atom stereocenters. The molecule has 0 bridgehead atoms. The molecule has 140 valence electrons. The van der Waals surface area contributed by atoms with Gasteiger partial charge in [0, 0.05) is 43.6 Å². The van der Waals surface area contributed by atoms with Crippen LogP contribution >= 0.6 is 0 Å². The number of nitrogen functional groups attached to an aromatic ring is 1. The van der Waals surface area contributed by atoms with Gasteiger partial charge in [0.2, 0.25) is 5.91 Å². The zero-order chi connectivity index (χ0) is 18.9. The van der Waals surface area contributed by atoms with Crippen LogP contribution in [0.2, 0.25) is 0 Å². The van der Waals surface area contributed by atoms with Crippen molar-refractivity contribution in [2.45, 2.75) is 32.7 Å². The second kappa shape index (κ2) is 6.97. The number of aromatic nitrogens is 2. The molecule has 1 amide bonds. The molecule has 0 aliphatic carbocycles. The third-order valence-electron chi connectivity index (χ3n) is 4.72. The molecule has 7 heteroatoms. The molecule has 0 atom stereocenters. The third kappa shape index (κ3) is 3.98. The van der Waals surface area contributed by atoms with Gasteiger partial charge in [0.1, 0.15) is 18.2 Å². The van der Waals surface area contributed by atoms with Crippen LogP contribution < -0.4 is 10.6 Å². The molecule has 2 heterocycles. The molecular formula is C19H26FN5O. The summed E-state index contributed by atoms with van der Waals surface area (Å²) in [5.41, 5.74) is 7.81. The van der Waals surface area contributed by atoms with E-state index in [9.17, 15) is 9.18 Å². The molecule has 26 heavy (non-hydrogen) atoms. The zero-order valence-corrected chi connectivity index (χ0v) is 15.6. The van der Waals surface area contributed by atoms with E-state index < -0.39 is 0 Å². The molecule has 1 aromatic carbocycles. The van der Waals surface area contributed by atoms with Crippen molar-refractivity contribution in [1.29, 1.82) is 0 Å². The molecule has 0 saturated carbocycles. The van der Waals surface area contributed by atoms with Crippen LogP contribution in [0, 0.1) is 5.82 Å². The van der Waals surface area contributed by atoms with Crippen molar-refractivity contribution in [1.82, 2.24) is 14.7 Å². The second-order valence-corrected chi connectivity index (χ2v) is 7.72. The summed E-state index contributed by atoms with van der Waals surface area (Å²) in [7, 11) is 0. The topological polar surface area (TPSA) is 67.4 Å². The monoisotopic (exact) mass is 359 g/mol. The van der Waals surface area contributed by atoms with E-state index in [2.05, 4.69) is 30.8 Å². The summed E-state index contributed by atoms with van der Waals surface area (Å²) in [5, 5.41) is 4.28. The van der Waals surface area contributed by atoms with Crippen LogP contribution in [0.1, 0.15) is 26.3 Å². The Balaban J connectivity index is 1.58. The molecule has 1 fully saturated rings. The Labute approximate surface area is 153 Å². The first-order chi connectivity index (χ1) is 12.2. The van der Waals surface area contributed by atoms with Crippen molar-refractivity contribution in [2.24, 2.45) is 0 Å². The van der Waals surface area contributed by atoms with Gasteiger partial charge in [-0.2, -0.15) is 5.10 Å². The zero-order valence-electron chi connectivity index (χ0n) is 15.6. The number of nitrogens with zero attached hydrogens (tertiary/aromatic N) is 4. The molecule has 1 aliphatic heterocycles. The number of halogens is 1. The maximum atomic E-state index is 13.0. The number of carbonyl (C=O) groups is 1. The summed E-state index contributed by atoms with van der Waals surface area (Å²) < 4.78 is 14.7. The first-order valence-electron chi connectivity index (χ1n) is 8.86. The predicted octanol–water partition coefficient (Wildman–Crippen LogP) is 2.25. The summed E-state index contributed by atoms with van der Waals surface area (Å²) in [6, 6.07) is 6.46. The van der Waals surface area contributed by atoms with E-state index in [0.717, 1.165) is 24.3 Å². The van der Waals surface area contributed by atoms with Gasteiger partial charge in [-0.25, -0.2) is 4.39 Å². The van der Waals surface area contributed by atoms with Crippen molar-refractivity contribution in [3.63, 3.8) is 0 Å². The number of anilines is 2. The molecule has 2 N–H and O–H groups in total. The van der Waals surface area contributed by atoms with Gasteiger partial charge in [0.15, 0.2) is 0 Å². The standard InChI is InChI=1S/C19H26FN5O/c1-19(2,3)16-12-25(22-18(16)21)13-17(26)24-10-8-23(9-11-24)15-6-4-14(20)5-7-15/h4-7,12H,8-11,13H2,1-3H3,(H2,21,22). The lowest BCUT2D eigenvalue weighted by Crippen LogP contribution is -2.49. The Kier molecular flexibility index (Phi) is 4.89. The Bertz CT molecular complexity index is 770. The summed E-state index contributed by atoms with van der Waals surface area (Å²) >= 11 is 0. The first kappa shape index (κ1) is 18.2. The number of hydrogen-bond acceptors (Lipinski definition) is 4. The van der Waals surface area contributed by atoms with Crippen LogP contribution in [-0.4, -0.2) is 46.8 Å². The normalized spacial score (nSPS) is 15.4. The fourth-order valence-corrected chi connectivity index (χ4v) is 3.20. The van der Waals surface area contributed by atoms with Crippen LogP contribution in [0.25, 0.3) is 0 Å². The smallest absolute Gasteiger partial charge is 0.244 e. The Hall–Kier alpha value is -2.57. The van der Waals surface area contributed by atoms with Crippen molar-refractivity contribution >= 4 is 17.4 Å². The van der Waals surface area contributed by atoms with Gasteiger partial charge in [-0.3, -0.25) is 9.48 Å². The van der Waals surface area contributed by atoms with Crippen LogP contribution in [0.3, 0.4) is 0 Å². The quantitative estimate of drug-likeness (QED) is 0.913. The minimum atomic E-state index is -0.240. The van der Waals surface area contributed by atoms with E-state index >= 15 is 0 Å². The summed E-state index contributed by atoms with van der Waals surface area (Å²) in [4.78, 5) is 16.6. The maximum absolute atomic E-state index is 13.0. The van der Waals surface area contributed by atoms with Gasteiger partial charge in [-0.1, -0.05) is 20.8 Å². The van der Waals surface area contributed by atoms with Gasteiger partial charge in [0.05, 0.1) is 0 Å². The largest absolute Gasteiger partial charge is 0.382 e. The Morgan fingerprint density at radius 1 is 1.15 bits per heavy atom. The van der Waals surface area contributed by atoms with Gasteiger partial charge >= 0.3 is 0 Å². The Morgan fingerprint density at radius 3 is 2.31 bits per heavy atom. The van der Waals surface area contributed by atoms with E-state index in [1.165, 1.54) is 12.1 Å². The third-order valence-corrected chi connectivity index (χ3v) is 4.72. The average molecular weight is 359 g/mol. The van der Waals surface area contributed by atoms with E-state index in [1.807, 2.05) is 11.1 Å². The van der Waals surface area contributed by atoms with E-state index in [1.54, 1.807) is 16.8 Å². The number of carbonyl (C=O) groups excluding carboxylic acids is 1. The number of hydrogen-bond donors (Lipinski definition) is 1. The van der Waals surface area contributed by atoms with Crippen molar-refractivity contribution in [3.05, 3.63) is 41.8 Å². The highest BCUT2D eigenvalue weighted by atomic mass is 19.1. The fraction of sp³-hybridized carbons (Fsp3) is 0.474. The summed E-state index contributed by atoms with van der Waals surface area (Å²) in [5.74, 6) is 0.272. The van der Waals surface area contributed by atoms with Crippen molar-refractivity contribution < 1.29 is 9.18 Å². The van der Waals surface area contributed by atoms with Gasteiger partial charge in [-0.15, -0.1) is 0 Å². The van der Waals surface area contributed by atoms with E-state index in [4.69, 9.17) is 5.73 Å². The molecule has 1 aromatic heterocycles. The highest BCUT2D eigenvalue weighted by Gasteiger charge is 2.24. The van der Waals surface area contributed by atoms with Gasteiger partial charge in [0.25, 0.3) is 0 Å². The van der Waals surface area contributed by atoms with Crippen LogP contribution in [-0.2, 0) is 16.8 Å². The number of benzene rings is 1. The Morgan fingerprint density at radius 2 is 1.77 bits per heavy atom. The molecule has 1 aliphatic rings. The lowest BCUT2D eigenvalue weighted by atomic mass is 9.89. The second-order valence-electron chi connectivity index (χ2n) is 7.72. The first-order valence-corrected chi connectivity index (χ1v) is 8.86. The van der Waals surface area contributed by atoms with E-state index in [0.29, 0.717) is 18.9 Å². The molecule has 0 radical (unpaired) electrons. The SMILES string of the molecule is CC(C)(C)c1cn(CC(=O)N2CCN(c3ccc(F)cc3)CC2)nc1N. The minimum Gasteiger partial charge on any atom is -0.382 e. The molecule has 6 nitrogen and oxygen atoms in total. The number of piperazine rings is 1. The maximum Gasteiger partial charge on any atom is 0.244 e. The lowest BCUT2D eigenvalue weighted by molar-refractivity contribution is -0.132. The molecule has 2 aromatic rings. The van der Waals surface area contributed by atoms with Crippen LogP contribution in [0.15, 0.2) is 30.5 Å². The van der Waals surface area contributed by atoms with E-state index in [-0.39, 0.29) is 23.7 Å². The van der Waals surface area contributed by atoms with Crippen molar-refractivity contribution in [3.8, 4) is 0 Å². The summed E-state index contributed by atoms with van der Waals surface area (Å²) in [6.07, 6.45) is 1.86. The highest BCUT2D eigenvalue weighted by Crippen LogP contribution is 2.26. The molecule has 0 spiro atoms. The van der Waals surface area contributed by atoms with Crippen LogP contribution in [0.5, 0.6) is 0 Å². The van der Waals surface area contributed by atoms with Gasteiger partial charge < -0.3 is 15.5 Å². The molecular weight excluding hydrogens is 333 g/mol. The minimum absolute atomic E-state index is 0.0340. The average Bonchev–Trinajstić information content (AvgIpc) is 2.96. The van der Waals surface area contributed by atoms with Gasteiger partial charge in [-0.05, 0) is 29.7 Å². The fourth-order valence-electron chi connectivity index (χ4n) is 3.20. The highest BCUT2D eigenvalue weighted by molar-refractivity contribution is 5.76. The lowest BCUT2D eigenvalue weighted by Gasteiger charge is -2.36. The predicted molar refractivity (Wildman–Crippen MR) is 101 cm³/mol. The number of amides is 1. The molecule has 3 rings (SSSR count). The molecule has 1 saturated heterocycles. The van der Waals surface area contributed by atoms with Crippen molar-refractivity contribution in [2.75, 3.05) is 36.8 Å². The summed E-state index contributed by atoms with van der Waals surface area (Å²) in [6.45, 7) is 9.14. The number of nitrogens with two attached hydrogens (primary N) is 1.